The molecule has 0 bridgehead atoms. The summed E-state index contributed by atoms with van der Waals surface area (Å²) in [7, 11) is 3.10. The van der Waals surface area contributed by atoms with Crippen molar-refractivity contribution in [3.63, 3.8) is 0 Å². The maximum absolute atomic E-state index is 12.7. The number of carbonyl (C=O) groups excluding carboxylic acids is 2. The molecule has 6 nitrogen and oxygen atoms in total. The zero-order valence-corrected chi connectivity index (χ0v) is 16.2. The second kappa shape index (κ2) is 9.41. The largest absolute Gasteiger partial charge is 0.497 e. The molecule has 0 unspecified atom stereocenters. The number of hydrogen-bond acceptors (Lipinski definition) is 5. The van der Waals surface area contributed by atoms with Gasteiger partial charge in [0.15, 0.2) is 0 Å². The summed E-state index contributed by atoms with van der Waals surface area (Å²) in [4.78, 5) is 25.1. The average molecular weight is 391 g/mol. The maximum Gasteiger partial charge on any atom is 0.340 e. The van der Waals surface area contributed by atoms with Crippen LogP contribution in [0, 0.1) is 0 Å². The minimum absolute atomic E-state index is 0.000171. The molecule has 148 valence electrons. The van der Waals surface area contributed by atoms with Gasteiger partial charge >= 0.3 is 5.97 Å². The van der Waals surface area contributed by atoms with Gasteiger partial charge in [-0.25, -0.2) is 4.79 Å². The molecule has 0 fully saturated rings. The molecule has 3 aromatic rings. The highest BCUT2D eigenvalue weighted by Crippen LogP contribution is 2.25. The SMILES string of the molecule is COc1ccc(OC)c(COC(=O)c2ccccc2NC(=O)c2ccccc2)c1. The van der Waals surface area contributed by atoms with Gasteiger partial charge in [-0.1, -0.05) is 30.3 Å². The van der Waals surface area contributed by atoms with Gasteiger partial charge < -0.3 is 19.5 Å². The predicted octanol–water partition coefficient (Wildman–Crippen LogP) is 4.31. The van der Waals surface area contributed by atoms with Crippen molar-refractivity contribution in [2.24, 2.45) is 0 Å². The van der Waals surface area contributed by atoms with Gasteiger partial charge in [0.05, 0.1) is 25.5 Å². The molecule has 1 N–H and O–H groups in total. The average Bonchev–Trinajstić information content (AvgIpc) is 2.78. The van der Waals surface area contributed by atoms with Gasteiger partial charge in [0.1, 0.15) is 18.1 Å². The van der Waals surface area contributed by atoms with Gasteiger partial charge in [0.2, 0.25) is 0 Å². The van der Waals surface area contributed by atoms with E-state index in [1.54, 1.807) is 80.9 Å². The zero-order chi connectivity index (χ0) is 20.6. The molecular formula is C23H21NO5. The summed E-state index contributed by atoms with van der Waals surface area (Å²) in [5.41, 5.74) is 1.81. The summed E-state index contributed by atoms with van der Waals surface area (Å²) >= 11 is 0. The number of esters is 1. The summed E-state index contributed by atoms with van der Waals surface area (Å²) in [6.07, 6.45) is 0. The first kappa shape index (κ1) is 19.9. The lowest BCUT2D eigenvalue weighted by Gasteiger charge is -2.13. The molecule has 0 aliphatic carbocycles. The van der Waals surface area contributed by atoms with Crippen LogP contribution in [0.15, 0.2) is 72.8 Å². The maximum atomic E-state index is 12.7. The van der Waals surface area contributed by atoms with E-state index in [4.69, 9.17) is 14.2 Å². The number of hydrogen-bond donors (Lipinski definition) is 1. The van der Waals surface area contributed by atoms with Crippen molar-refractivity contribution in [2.45, 2.75) is 6.61 Å². The molecule has 0 heterocycles. The molecule has 0 aliphatic heterocycles. The fourth-order valence-corrected chi connectivity index (χ4v) is 2.77. The molecule has 0 atom stereocenters. The third-order valence-corrected chi connectivity index (χ3v) is 4.28. The molecule has 1 amide bonds. The Kier molecular flexibility index (Phi) is 6.47. The number of para-hydroxylation sites is 1. The Morgan fingerprint density at radius 3 is 2.31 bits per heavy atom. The number of methoxy groups -OCH3 is 2. The fourth-order valence-electron chi connectivity index (χ4n) is 2.77. The van der Waals surface area contributed by atoms with Crippen LogP contribution in [0.1, 0.15) is 26.3 Å². The second-order valence-electron chi connectivity index (χ2n) is 6.12. The van der Waals surface area contributed by atoms with Crippen molar-refractivity contribution in [3.05, 3.63) is 89.5 Å². The Balaban J connectivity index is 1.74. The van der Waals surface area contributed by atoms with Gasteiger partial charge in [0.25, 0.3) is 5.91 Å². The first-order valence-electron chi connectivity index (χ1n) is 8.96. The number of nitrogens with one attached hydrogen (secondary N) is 1. The summed E-state index contributed by atoms with van der Waals surface area (Å²) in [5.74, 6) is 0.357. The lowest BCUT2D eigenvalue weighted by molar-refractivity contribution is 0.0471. The number of amides is 1. The summed E-state index contributed by atoms with van der Waals surface area (Å²) in [6, 6.07) is 20.7. The predicted molar refractivity (Wildman–Crippen MR) is 110 cm³/mol. The van der Waals surface area contributed by atoms with Crippen LogP contribution in [0.2, 0.25) is 0 Å². The van der Waals surface area contributed by atoms with E-state index < -0.39 is 5.97 Å². The van der Waals surface area contributed by atoms with Crippen molar-refractivity contribution in [1.29, 1.82) is 0 Å². The standard InChI is InChI=1S/C23H21NO5/c1-27-18-12-13-21(28-2)17(14-18)15-29-23(26)19-10-6-7-11-20(19)24-22(25)16-8-4-3-5-9-16/h3-14H,15H2,1-2H3,(H,24,25). The minimum atomic E-state index is -0.557. The molecule has 3 rings (SSSR count). The Morgan fingerprint density at radius 1 is 0.862 bits per heavy atom. The van der Waals surface area contributed by atoms with Crippen molar-refractivity contribution in [1.82, 2.24) is 0 Å². The van der Waals surface area contributed by atoms with Crippen LogP contribution in [0.3, 0.4) is 0 Å². The molecular weight excluding hydrogens is 370 g/mol. The van der Waals surface area contributed by atoms with E-state index in [1.165, 1.54) is 0 Å². The number of carbonyl (C=O) groups is 2. The van der Waals surface area contributed by atoms with E-state index in [0.29, 0.717) is 28.3 Å². The van der Waals surface area contributed by atoms with Gasteiger partial charge in [-0.15, -0.1) is 0 Å². The normalized spacial score (nSPS) is 10.1. The third-order valence-electron chi connectivity index (χ3n) is 4.28. The second-order valence-corrected chi connectivity index (χ2v) is 6.12. The highest BCUT2D eigenvalue weighted by Gasteiger charge is 2.16. The van der Waals surface area contributed by atoms with Crippen LogP contribution in [0.25, 0.3) is 0 Å². The first-order chi connectivity index (χ1) is 14.1. The number of anilines is 1. The molecule has 0 saturated carbocycles. The van der Waals surface area contributed by atoms with E-state index >= 15 is 0 Å². The van der Waals surface area contributed by atoms with Gasteiger partial charge in [-0.2, -0.15) is 0 Å². The quantitative estimate of drug-likeness (QED) is 0.608. The Labute approximate surface area is 169 Å². The van der Waals surface area contributed by atoms with Crippen LogP contribution >= 0.6 is 0 Å². The molecule has 0 aromatic heterocycles. The van der Waals surface area contributed by atoms with E-state index in [0.717, 1.165) is 0 Å². The minimum Gasteiger partial charge on any atom is -0.497 e. The Hall–Kier alpha value is -3.80. The Morgan fingerprint density at radius 2 is 1.59 bits per heavy atom. The van der Waals surface area contributed by atoms with Crippen LogP contribution in [0.4, 0.5) is 5.69 Å². The number of ether oxygens (including phenoxy) is 3. The Bertz CT molecular complexity index is 1000. The monoisotopic (exact) mass is 391 g/mol. The number of rotatable bonds is 7. The summed E-state index contributed by atoms with van der Waals surface area (Å²) in [5, 5.41) is 2.76. The van der Waals surface area contributed by atoms with Gasteiger partial charge in [-0.3, -0.25) is 4.79 Å². The molecule has 0 saturated heterocycles. The molecule has 29 heavy (non-hydrogen) atoms. The van der Waals surface area contributed by atoms with Crippen LogP contribution < -0.4 is 14.8 Å². The van der Waals surface area contributed by atoms with Crippen molar-refractivity contribution < 1.29 is 23.8 Å². The van der Waals surface area contributed by atoms with Gasteiger partial charge in [-0.05, 0) is 42.5 Å². The topological polar surface area (TPSA) is 73.9 Å². The molecule has 0 radical (unpaired) electrons. The lowest BCUT2D eigenvalue weighted by atomic mass is 10.1. The van der Waals surface area contributed by atoms with Crippen molar-refractivity contribution >= 4 is 17.6 Å². The summed E-state index contributed by atoms with van der Waals surface area (Å²) in [6.45, 7) is 0.000171. The highest BCUT2D eigenvalue weighted by atomic mass is 16.5. The van der Waals surface area contributed by atoms with E-state index in [9.17, 15) is 9.59 Å². The molecule has 0 aliphatic rings. The van der Waals surface area contributed by atoms with Gasteiger partial charge in [0, 0.05) is 11.1 Å². The fraction of sp³-hybridized carbons (Fsp3) is 0.130. The smallest absolute Gasteiger partial charge is 0.340 e. The lowest BCUT2D eigenvalue weighted by Crippen LogP contribution is -2.15. The summed E-state index contributed by atoms with van der Waals surface area (Å²) < 4.78 is 16.0. The zero-order valence-electron chi connectivity index (χ0n) is 16.2. The first-order valence-corrected chi connectivity index (χ1v) is 8.96. The van der Waals surface area contributed by atoms with E-state index in [2.05, 4.69) is 5.32 Å². The van der Waals surface area contributed by atoms with Crippen molar-refractivity contribution in [2.75, 3.05) is 19.5 Å². The van der Waals surface area contributed by atoms with Crippen LogP contribution in [0.5, 0.6) is 11.5 Å². The van der Waals surface area contributed by atoms with E-state index in [1.807, 2.05) is 6.07 Å². The highest BCUT2D eigenvalue weighted by molar-refractivity contribution is 6.07. The molecule has 6 heteroatoms. The third kappa shape index (κ3) is 4.93. The van der Waals surface area contributed by atoms with Crippen LogP contribution in [-0.2, 0) is 11.3 Å². The van der Waals surface area contributed by atoms with E-state index in [-0.39, 0.29) is 18.1 Å². The van der Waals surface area contributed by atoms with Crippen LogP contribution in [-0.4, -0.2) is 26.1 Å². The molecule has 3 aromatic carbocycles. The molecule has 0 spiro atoms. The number of benzene rings is 3. The van der Waals surface area contributed by atoms with Crippen molar-refractivity contribution in [3.8, 4) is 11.5 Å².